The van der Waals surface area contributed by atoms with Crippen molar-refractivity contribution >= 4 is 11.9 Å². The molecule has 13 atom stereocenters. The van der Waals surface area contributed by atoms with Crippen molar-refractivity contribution in [2.75, 3.05) is 26.2 Å². The molecular weight excluding hydrogens is 831 g/mol. The number of ether oxygens (including phenoxy) is 2. The Balaban J connectivity index is 1.05. The number of rotatable bonds is 5. The van der Waals surface area contributed by atoms with E-state index in [1.807, 2.05) is 0 Å². The maximum atomic E-state index is 16.3. The van der Waals surface area contributed by atoms with Crippen molar-refractivity contribution in [3.8, 4) is 0 Å². The average Bonchev–Trinajstić information content (AvgIpc) is 3.79. The lowest BCUT2D eigenvalue weighted by molar-refractivity contribution is -0.279. The largest absolute Gasteiger partial charge is 0.509 e. The molecular formula is C59H71N3O5. The third-order valence-electron chi connectivity index (χ3n) is 21.0. The Hall–Kier alpha value is -4.14. The molecule has 15 bridgehead atoms. The number of carbonyl (C=O) groups excluding carboxylic acids is 2. The summed E-state index contributed by atoms with van der Waals surface area (Å²) < 4.78 is 14.4. The summed E-state index contributed by atoms with van der Waals surface area (Å²) in [6.07, 6.45) is 23.7. The second kappa shape index (κ2) is 15.2. The number of aliphatic hydroxyl groups is 1. The molecule has 1 unspecified atom stereocenters. The van der Waals surface area contributed by atoms with Crippen molar-refractivity contribution in [1.29, 1.82) is 0 Å². The highest BCUT2D eigenvalue weighted by Gasteiger charge is 2.93. The van der Waals surface area contributed by atoms with E-state index in [4.69, 9.17) is 15.2 Å². The first-order valence-electron chi connectivity index (χ1n) is 27.2. The maximum Gasteiger partial charge on any atom is 0.339 e. The van der Waals surface area contributed by atoms with Crippen LogP contribution in [-0.4, -0.2) is 65.1 Å². The van der Waals surface area contributed by atoms with Crippen LogP contribution in [0.2, 0.25) is 0 Å². The van der Waals surface area contributed by atoms with Gasteiger partial charge in [-0.3, -0.25) is 9.69 Å². The van der Waals surface area contributed by atoms with Crippen LogP contribution in [0, 0.1) is 58.2 Å². The van der Waals surface area contributed by atoms with E-state index in [0.29, 0.717) is 78.7 Å². The van der Waals surface area contributed by atoms with Gasteiger partial charge in [0.05, 0.1) is 17.0 Å². The highest BCUT2D eigenvalue weighted by Crippen LogP contribution is 2.87. The van der Waals surface area contributed by atoms with Crippen LogP contribution in [-0.2, 0) is 39.1 Å². The lowest BCUT2D eigenvalue weighted by atomic mass is 9.28. The van der Waals surface area contributed by atoms with Crippen molar-refractivity contribution in [1.82, 2.24) is 9.80 Å². The third-order valence-corrected chi connectivity index (χ3v) is 21.0. The summed E-state index contributed by atoms with van der Waals surface area (Å²) >= 11 is 0. The molecule has 8 heteroatoms. The Labute approximate surface area is 397 Å². The number of aryl methyl sites for hydroxylation is 2. The topological polar surface area (TPSA) is 105 Å². The summed E-state index contributed by atoms with van der Waals surface area (Å²) in [6.45, 7) is 6.23. The van der Waals surface area contributed by atoms with Gasteiger partial charge in [0.25, 0.3) is 0 Å². The van der Waals surface area contributed by atoms with E-state index in [2.05, 4.69) is 71.3 Å². The second-order valence-corrected chi connectivity index (χ2v) is 24.1. The van der Waals surface area contributed by atoms with Gasteiger partial charge < -0.3 is 25.2 Å². The van der Waals surface area contributed by atoms with Gasteiger partial charge in [0, 0.05) is 55.2 Å². The van der Waals surface area contributed by atoms with Crippen molar-refractivity contribution < 1.29 is 24.2 Å². The number of piperidine rings is 2. The van der Waals surface area contributed by atoms with Crippen LogP contribution in [0.3, 0.4) is 0 Å². The van der Waals surface area contributed by atoms with Crippen LogP contribution >= 0.6 is 0 Å². The monoisotopic (exact) mass is 902 g/mol. The summed E-state index contributed by atoms with van der Waals surface area (Å²) in [6, 6.07) is 16.3. The number of nitrogens with two attached hydrogens (primary N) is 1. The van der Waals surface area contributed by atoms with Gasteiger partial charge in [0.2, 0.25) is 0 Å². The van der Waals surface area contributed by atoms with Crippen molar-refractivity contribution in [3.05, 3.63) is 116 Å². The van der Waals surface area contributed by atoms with Gasteiger partial charge in [-0.25, -0.2) is 4.79 Å². The molecule has 3 spiro atoms. The molecule has 17 rings (SSSR count). The number of hydrogen-bond donors (Lipinski definition) is 2. The highest BCUT2D eigenvalue weighted by atomic mass is 16.6. The molecule has 67 heavy (non-hydrogen) atoms. The fraction of sp³-hybridized carbons (Fsp3) is 0.627. The number of allylic oxidation sites excluding steroid dienone is 3. The molecule has 9 heterocycles. The van der Waals surface area contributed by atoms with Crippen LogP contribution in [0.15, 0.2) is 88.6 Å². The number of hydrogen-bond acceptors (Lipinski definition) is 8. The fourth-order valence-corrected chi connectivity index (χ4v) is 19.0. The first-order chi connectivity index (χ1) is 32.7. The van der Waals surface area contributed by atoms with Gasteiger partial charge in [-0.05, 0) is 141 Å². The lowest BCUT2D eigenvalue weighted by Crippen LogP contribution is -2.77. The molecule has 5 fully saturated rings. The molecule has 2 aromatic rings. The van der Waals surface area contributed by atoms with E-state index < -0.39 is 16.4 Å². The smallest absolute Gasteiger partial charge is 0.339 e. The first kappa shape index (κ1) is 41.8. The predicted molar refractivity (Wildman–Crippen MR) is 257 cm³/mol. The maximum absolute atomic E-state index is 16.3. The zero-order chi connectivity index (χ0) is 45.0. The number of nitrogens with zero attached hydrogens (tertiary/aromatic N) is 2. The van der Waals surface area contributed by atoms with Crippen LogP contribution in [0.4, 0.5) is 0 Å². The van der Waals surface area contributed by atoms with Gasteiger partial charge in [0.1, 0.15) is 11.2 Å². The number of esters is 2. The van der Waals surface area contributed by atoms with Gasteiger partial charge in [-0.15, -0.1) is 0 Å². The fourth-order valence-electron chi connectivity index (χ4n) is 19.0. The minimum Gasteiger partial charge on any atom is -0.509 e. The molecule has 6 aliphatic carbocycles. The Bertz CT molecular complexity index is 2580. The molecule has 0 amide bonds. The highest BCUT2D eigenvalue weighted by molar-refractivity contribution is 6.00. The molecule has 15 aliphatic rings. The van der Waals surface area contributed by atoms with Crippen molar-refractivity contribution in [2.45, 2.75) is 147 Å². The molecule has 0 radical (unpaired) electrons. The van der Waals surface area contributed by atoms with Gasteiger partial charge in [-0.1, -0.05) is 111 Å². The summed E-state index contributed by atoms with van der Waals surface area (Å²) in [5, 5.41) is 13.4. The number of aliphatic hydroxyl groups excluding tert-OH is 1. The van der Waals surface area contributed by atoms with E-state index in [1.165, 1.54) is 66.4 Å². The first-order valence-corrected chi connectivity index (χ1v) is 27.2. The normalized spacial score (nSPS) is 42.3. The molecule has 8 nitrogen and oxygen atoms in total. The minimum absolute atomic E-state index is 0.136. The third kappa shape index (κ3) is 5.49. The summed E-state index contributed by atoms with van der Waals surface area (Å²) in [5.41, 5.74) is 14.2. The van der Waals surface area contributed by atoms with E-state index >= 15 is 9.59 Å². The lowest BCUT2D eigenvalue weighted by Gasteiger charge is -2.72. The zero-order valence-corrected chi connectivity index (χ0v) is 39.8. The van der Waals surface area contributed by atoms with E-state index in [9.17, 15) is 5.11 Å². The van der Waals surface area contributed by atoms with Crippen molar-refractivity contribution in [3.63, 3.8) is 0 Å². The summed E-state index contributed by atoms with van der Waals surface area (Å²) in [5.74, 6) is 3.07. The van der Waals surface area contributed by atoms with Crippen LogP contribution in [0.1, 0.15) is 142 Å². The molecule has 3 N–H and O–H groups in total. The molecule has 0 aromatic heterocycles. The van der Waals surface area contributed by atoms with Gasteiger partial charge in [0.15, 0.2) is 11.4 Å². The van der Waals surface area contributed by atoms with Gasteiger partial charge in [-0.2, -0.15) is 0 Å². The molecule has 352 valence electrons. The van der Waals surface area contributed by atoms with E-state index in [1.54, 1.807) is 5.70 Å². The molecule has 3 saturated heterocycles. The molecule has 2 saturated carbocycles. The number of carbonyl (C=O) groups is 2. The quantitative estimate of drug-likeness (QED) is 0.226. The predicted octanol–water partition coefficient (Wildman–Crippen LogP) is 10.4. The standard InChI is InChI=1S/C59H71N3O5/c1-34-24-40-19-20-47-42-27-38-31-61(33-42)43(28-36-10-3-2-4-11-36)30-48(63)54-57-22-21-44-46-29-41(50(34)52(44)53(40)62(47)32-38)26-37-14-7-13-35(25-37)12-5-6-18-49(58(46,57)56(65)66-54)59(57)45-17-8-15-39(16-9-23-60)51(45)55(64)67-59/h7-8,13-15,17,19-20,25,34,36,38,41-43,47,49-50,52,63H,2-6,9-12,16,18,21-24,26-33,60H2,1H3/b54-48+/t34-,38-,41+,42+,43-,47+,49+,50-,52-,57-,58+,59-/m1/s1. The second-order valence-electron chi connectivity index (χ2n) is 24.1. The molecule has 9 aliphatic heterocycles. The van der Waals surface area contributed by atoms with Crippen LogP contribution in [0.25, 0.3) is 0 Å². The SMILES string of the molecule is C[C@@H]1CC2=C3[C@@H]4C5=C6C[C@H](Cc7cccc(c7)CCCC[C@H]7[C@]68C(=O)O/C(=C(/O)C[C@@H](CC6CCCCC6)N6C[C@H]9C[C@@H](C6)[C@H](C=C2)N3C9)[C@@]8(CC5)[C@]72OC(=O)c3c(CCCN)cccc32)[C@H]41. The van der Waals surface area contributed by atoms with Crippen LogP contribution in [0.5, 0.6) is 0 Å². The van der Waals surface area contributed by atoms with Crippen LogP contribution < -0.4 is 5.73 Å². The van der Waals surface area contributed by atoms with Gasteiger partial charge >= 0.3 is 11.9 Å². The number of fused-ring (bicyclic) bond motifs is 7. The zero-order valence-electron chi connectivity index (χ0n) is 39.8. The molecule has 2 aromatic carbocycles. The summed E-state index contributed by atoms with van der Waals surface area (Å²) in [4.78, 5) is 37.0. The average molecular weight is 902 g/mol. The Morgan fingerprint density at radius 3 is 2.63 bits per heavy atom. The Morgan fingerprint density at radius 1 is 0.896 bits per heavy atom. The van der Waals surface area contributed by atoms with Crippen molar-refractivity contribution in [2.24, 2.45) is 63.9 Å². The van der Waals surface area contributed by atoms with E-state index in [-0.39, 0.29) is 35.6 Å². The van der Waals surface area contributed by atoms with E-state index in [0.717, 1.165) is 95.0 Å². The Morgan fingerprint density at radius 2 is 1.75 bits per heavy atom. The minimum atomic E-state index is -1.15. The summed E-state index contributed by atoms with van der Waals surface area (Å²) in [7, 11) is 0. The Kier molecular flexibility index (Phi) is 9.47. The number of benzene rings is 2.